The molecule has 1 aromatic carbocycles. The fourth-order valence-corrected chi connectivity index (χ4v) is 3.39. The van der Waals surface area contributed by atoms with Gasteiger partial charge in [0.15, 0.2) is 0 Å². The Morgan fingerprint density at radius 3 is 2.79 bits per heavy atom. The van der Waals surface area contributed by atoms with E-state index in [1.807, 2.05) is 6.92 Å². The van der Waals surface area contributed by atoms with Crippen LogP contribution in [-0.4, -0.2) is 54.0 Å². The first kappa shape index (κ1) is 18.2. The maximum atomic E-state index is 12.5. The highest BCUT2D eigenvalue weighted by Gasteiger charge is 2.30. The summed E-state index contributed by atoms with van der Waals surface area (Å²) in [7, 11) is 3.87. The molecule has 0 bridgehead atoms. The minimum atomic E-state index is -0.406. The maximum absolute atomic E-state index is 12.5. The Morgan fingerprint density at radius 1 is 1.50 bits per heavy atom. The molecule has 1 saturated heterocycles. The molecule has 0 aliphatic carbocycles. The number of likely N-dealkylation sites (tertiary alicyclic amines) is 1. The molecule has 1 N–H and O–H groups in total. The first-order valence-corrected chi connectivity index (χ1v) is 8.33. The lowest BCUT2D eigenvalue weighted by Gasteiger charge is -2.39. The molecule has 132 valence electrons. The fraction of sp³-hybridized carbons (Fsp3) is 0.588. The Hall–Kier alpha value is -2.15. The van der Waals surface area contributed by atoms with E-state index in [0.717, 1.165) is 19.5 Å². The van der Waals surface area contributed by atoms with Crippen LogP contribution in [0.4, 0.5) is 16.2 Å². The van der Waals surface area contributed by atoms with Gasteiger partial charge in [0.2, 0.25) is 0 Å². The van der Waals surface area contributed by atoms with E-state index in [1.54, 1.807) is 24.1 Å². The van der Waals surface area contributed by atoms with Crippen LogP contribution in [0, 0.1) is 16.0 Å². The third kappa shape index (κ3) is 4.03. The predicted octanol–water partition coefficient (Wildman–Crippen LogP) is 2.96. The normalized spacial score (nSPS) is 21.3. The number of rotatable bonds is 4. The molecule has 2 rings (SSSR count). The zero-order valence-electron chi connectivity index (χ0n) is 14.8. The summed E-state index contributed by atoms with van der Waals surface area (Å²) in [4.78, 5) is 27.2. The summed E-state index contributed by atoms with van der Waals surface area (Å²) < 4.78 is 0. The molecule has 1 fully saturated rings. The van der Waals surface area contributed by atoms with Crippen LogP contribution in [0.15, 0.2) is 18.2 Å². The summed E-state index contributed by atoms with van der Waals surface area (Å²) in [6.07, 6.45) is 1.51. The van der Waals surface area contributed by atoms with Crippen molar-refractivity contribution < 1.29 is 9.72 Å². The molecule has 1 aromatic rings. The predicted molar refractivity (Wildman–Crippen MR) is 94.3 cm³/mol. The van der Waals surface area contributed by atoms with E-state index < -0.39 is 4.92 Å². The van der Waals surface area contributed by atoms with Gasteiger partial charge in [0.05, 0.1) is 4.92 Å². The number of nitro benzene ring substituents is 1. The van der Waals surface area contributed by atoms with E-state index in [9.17, 15) is 14.9 Å². The van der Waals surface area contributed by atoms with E-state index >= 15 is 0 Å². The minimum absolute atomic E-state index is 0.0469. The zero-order chi connectivity index (χ0) is 17.9. The molecule has 1 aliphatic rings. The molecule has 0 saturated carbocycles. The first-order valence-electron chi connectivity index (χ1n) is 8.33. The SMILES string of the molecule is CCc1ccc(NC(=O)N(C)[C@@H]2CCN(C)C[C@@H]2C)cc1[N+](=O)[O-]. The second kappa shape index (κ2) is 7.61. The van der Waals surface area contributed by atoms with Gasteiger partial charge in [-0.25, -0.2) is 4.79 Å². The topological polar surface area (TPSA) is 78.7 Å². The molecule has 0 unspecified atom stereocenters. The molecule has 2 atom stereocenters. The Kier molecular flexibility index (Phi) is 5.77. The number of piperidine rings is 1. The Labute approximate surface area is 142 Å². The number of carbonyl (C=O) groups excluding carboxylic acids is 1. The van der Waals surface area contributed by atoms with Gasteiger partial charge in [-0.15, -0.1) is 0 Å². The van der Waals surface area contributed by atoms with Gasteiger partial charge < -0.3 is 15.1 Å². The number of carbonyl (C=O) groups is 1. The average Bonchev–Trinajstić information content (AvgIpc) is 2.54. The lowest BCUT2D eigenvalue weighted by atomic mass is 9.93. The van der Waals surface area contributed by atoms with Crippen LogP contribution in [0.1, 0.15) is 25.8 Å². The number of benzene rings is 1. The van der Waals surface area contributed by atoms with E-state index in [4.69, 9.17) is 0 Å². The van der Waals surface area contributed by atoms with Crippen molar-refractivity contribution in [3.63, 3.8) is 0 Å². The van der Waals surface area contributed by atoms with Gasteiger partial charge in [-0.3, -0.25) is 10.1 Å². The summed E-state index contributed by atoms with van der Waals surface area (Å²) in [6.45, 7) is 5.93. The number of nitro groups is 1. The van der Waals surface area contributed by atoms with Crippen LogP contribution in [0.2, 0.25) is 0 Å². The molecule has 0 radical (unpaired) electrons. The third-order valence-electron chi connectivity index (χ3n) is 4.80. The summed E-state index contributed by atoms with van der Waals surface area (Å²) in [5, 5.41) is 13.9. The zero-order valence-corrected chi connectivity index (χ0v) is 14.8. The smallest absolute Gasteiger partial charge is 0.321 e. The number of hydrogen-bond donors (Lipinski definition) is 1. The van der Waals surface area contributed by atoms with Crippen molar-refractivity contribution in [3.05, 3.63) is 33.9 Å². The Balaban J connectivity index is 2.09. The molecule has 0 spiro atoms. The third-order valence-corrected chi connectivity index (χ3v) is 4.80. The molecule has 24 heavy (non-hydrogen) atoms. The van der Waals surface area contributed by atoms with Crippen molar-refractivity contribution in [2.45, 2.75) is 32.7 Å². The highest BCUT2D eigenvalue weighted by molar-refractivity contribution is 5.89. The summed E-state index contributed by atoms with van der Waals surface area (Å²) in [5.74, 6) is 0.385. The molecule has 2 amide bonds. The summed E-state index contributed by atoms with van der Waals surface area (Å²) in [6, 6.07) is 4.80. The number of anilines is 1. The van der Waals surface area contributed by atoms with Gasteiger partial charge >= 0.3 is 6.03 Å². The van der Waals surface area contributed by atoms with Gasteiger partial charge in [-0.05, 0) is 38.4 Å². The van der Waals surface area contributed by atoms with Crippen molar-refractivity contribution in [2.75, 3.05) is 32.5 Å². The van der Waals surface area contributed by atoms with Gasteiger partial charge in [0.25, 0.3) is 5.69 Å². The standard InChI is InChI=1S/C17H26N4O3/c1-5-13-6-7-14(10-16(13)21(23)24)18-17(22)20(4)15-8-9-19(3)11-12(15)2/h6-7,10,12,15H,5,8-9,11H2,1-4H3,(H,18,22)/t12-,15+/m0/s1. The lowest BCUT2D eigenvalue weighted by molar-refractivity contribution is -0.385. The highest BCUT2D eigenvalue weighted by Crippen LogP contribution is 2.25. The van der Waals surface area contributed by atoms with E-state index in [-0.39, 0.29) is 17.8 Å². The Morgan fingerprint density at radius 2 is 2.21 bits per heavy atom. The number of nitrogens with one attached hydrogen (secondary N) is 1. The van der Waals surface area contributed by atoms with Crippen LogP contribution in [0.3, 0.4) is 0 Å². The number of urea groups is 1. The van der Waals surface area contributed by atoms with Crippen LogP contribution in [-0.2, 0) is 6.42 Å². The molecular weight excluding hydrogens is 308 g/mol. The molecule has 0 aromatic heterocycles. The molecule has 7 heteroatoms. The Bertz CT molecular complexity index is 620. The van der Waals surface area contributed by atoms with Gasteiger partial charge in [-0.1, -0.05) is 19.9 Å². The van der Waals surface area contributed by atoms with Crippen molar-refractivity contribution >= 4 is 17.4 Å². The summed E-state index contributed by atoms with van der Waals surface area (Å²) in [5.41, 5.74) is 1.16. The number of hydrogen-bond acceptors (Lipinski definition) is 4. The highest BCUT2D eigenvalue weighted by atomic mass is 16.6. The monoisotopic (exact) mass is 334 g/mol. The van der Waals surface area contributed by atoms with E-state index in [2.05, 4.69) is 24.2 Å². The molecular formula is C17H26N4O3. The molecule has 1 aliphatic heterocycles. The average molecular weight is 334 g/mol. The molecule has 1 heterocycles. The molecule has 7 nitrogen and oxygen atoms in total. The summed E-state index contributed by atoms with van der Waals surface area (Å²) >= 11 is 0. The van der Waals surface area contributed by atoms with Crippen LogP contribution in [0.5, 0.6) is 0 Å². The van der Waals surface area contributed by atoms with Crippen LogP contribution < -0.4 is 5.32 Å². The lowest BCUT2D eigenvalue weighted by Crippen LogP contribution is -2.50. The van der Waals surface area contributed by atoms with Crippen molar-refractivity contribution in [3.8, 4) is 0 Å². The maximum Gasteiger partial charge on any atom is 0.321 e. The quantitative estimate of drug-likeness (QED) is 0.678. The van der Waals surface area contributed by atoms with Crippen LogP contribution >= 0.6 is 0 Å². The van der Waals surface area contributed by atoms with E-state index in [0.29, 0.717) is 23.6 Å². The van der Waals surface area contributed by atoms with Gasteiger partial charge in [0, 0.05) is 37.0 Å². The van der Waals surface area contributed by atoms with E-state index in [1.165, 1.54) is 6.07 Å². The van der Waals surface area contributed by atoms with Crippen molar-refractivity contribution in [2.24, 2.45) is 5.92 Å². The van der Waals surface area contributed by atoms with Crippen molar-refractivity contribution in [1.82, 2.24) is 9.80 Å². The number of amides is 2. The number of aryl methyl sites for hydroxylation is 1. The first-order chi connectivity index (χ1) is 11.3. The fourth-order valence-electron chi connectivity index (χ4n) is 3.39. The second-order valence-corrected chi connectivity index (χ2v) is 6.59. The van der Waals surface area contributed by atoms with Gasteiger partial charge in [-0.2, -0.15) is 0 Å². The van der Waals surface area contributed by atoms with Crippen LogP contribution in [0.25, 0.3) is 0 Å². The second-order valence-electron chi connectivity index (χ2n) is 6.59. The largest absolute Gasteiger partial charge is 0.324 e. The minimum Gasteiger partial charge on any atom is -0.324 e. The number of nitrogens with zero attached hydrogens (tertiary/aromatic N) is 3. The van der Waals surface area contributed by atoms with Gasteiger partial charge in [0.1, 0.15) is 0 Å². The van der Waals surface area contributed by atoms with Crippen molar-refractivity contribution in [1.29, 1.82) is 0 Å².